The highest BCUT2D eigenvalue weighted by atomic mass is 35.5. The Balaban J connectivity index is 1.99. The summed E-state index contributed by atoms with van der Waals surface area (Å²) in [4.78, 5) is 15.1. The summed E-state index contributed by atoms with van der Waals surface area (Å²) in [6.45, 7) is 4.59. The summed E-state index contributed by atoms with van der Waals surface area (Å²) in [5.41, 5.74) is 1.31. The maximum atomic E-state index is 13.4. The molecule has 3 aromatic rings. The van der Waals surface area contributed by atoms with E-state index in [2.05, 4.69) is 10.2 Å². The maximum absolute atomic E-state index is 13.4. The molecular weight excluding hydrogens is 410 g/mol. The van der Waals surface area contributed by atoms with Crippen molar-refractivity contribution in [1.29, 1.82) is 0 Å². The Hall–Kier alpha value is -2.64. The average molecular weight is 432 g/mol. The summed E-state index contributed by atoms with van der Waals surface area (Å²) in [7, 11) is 3.06. The number of hydrogen-bond donors (Lipinski definition) is 0. The number of hydrogen-bond acceptors (Lipinski definition) is 6. The number of rotatable bonds is 7. The first kappa shape index (κ1) is 21.1. The second kappa shape index (κ2) is 9.24. The fourth-order valence-electron chi connectivity index (χ4n) is 2.85. The largest absolute Gasteiger partial charge is 0.493 e. The van der Waals surface area contributed by atoms with E-state index < -0.39 is 0 Å². The molecule has 0 bridgehead atoms. The van der Waals surface area contributed by atoms with Crippen LogP contribution in [-0.4, -0.2) is 36.9 Å². The first-order valence-electron chi connectivity index (χ1n) is 9.07. The lowest BCUT2D eigenvalue weighted by molar-refractivity contribution is 0.0980. The quantitative estimate of drug-likeness (QED) is 0.515. The van der Waals surface area contributed by atoms with Gasteiger partial charge in [-0.1, -0.05) is 55.0 Å². The molecule has 29 heavy (non-hydrogen) atoms. The molecule has 3 rings (SSSR count). The summed E-state index contributed by atoms with van der Waals surface area (Å²) in [6.07, 6.45) is 0. The Kier molecular flexibility index (Phi) is 6.71. The summed E-state index contributed by atoms with van der Waals surface area (Å²) in [5.74, 6) is 0.921. The Morgan fingerprint density at radius 1 is 1.10 bits per heavy atom. The molecule has 152 valence electrons. The minimum atomic E-state index is -0.215. The third-order valence-electron chi connectivity index (χ3n) is 4.16. The Morgan fingerprint density at radius 2 is 1.83 bits per heavy atom. The number of amides is 1. The van der Waals surface area contributed by atoms with Crippen molar-refractivity contribution in [2.45, 2.75) is 13.8 Å². The summed E-state index contributed by atoms with van der Waals surface area (Å²) in [6, 6.07) is 12.6. The summed E-state index contributed by atoms with van der Waals surface area (Å²) < 4.78 is 10.8. The lowest BCUT2D eigenvalue weighted by Gasteiger charge is -2.23. The van der Waals surface area contributed by atoms with Crippen LogP contribution < -0.4 is 14.4 Å². The smallest absolute Gasteiger partial charge is 0.264 e. The second-order valence-corrected chi connectivity index (χ2v) is 8.14. The monoisotopic (exact) mass is 431 g/mol. The van der Waals surface area contributed by atoms with Gasteiger partial charge in [-0.25, -0.2) is 0 Å². The van der Waals surface area contributed by atoms with Gasteiger partial charge < -0.3 is 9.47 Å². The van der Waals surface area contributed by atoms with Crippen LogP contribution in [0, 0.1) is 5.92 Å². The normalized spacial score (nSPS) is 10.8. The summed E-state index contributed by atoms with van der Waals surface area (Å²) >= 11 is 7.32. The number of aromatic nitrogens is 2. The standard InChI is InChI=1S/C21H22ClN3O3S/c1-13(2)12-25(20(26)16-6-5-7-17(27-3)18(16)28-4)21-24-23-19(29-21)14-8-10-15(22)11-9-14/h5-11,13H,12H2,1-4H3. The number of halogens is 1. The number of carbonyl (C=O) groups excluding carboxylic acids is 1. The molecule has 1 amide bonds. The van der Waals surface area contributed by atoms with Crippen molar-refractivity contribution in [2.75, 3.05) is 25.7 Å². The van der Waals surface area contributed by atoms with E-state index in [1.807, 2.05) is 26.0 Å². The maximum Gasteiger partial charge on any atom is 0.264 e. The lowest BCUT2D eigenvalue weighted by atomic mass is 10.1. The molecule has 2 aromatic carbocycles. The number of nitrogens with zero attached hydrogens (tertiary/aromatic N) is 3. The van der Waals surface area contributed by atoms with E-state index in [9.17, 15) is 4.79 Å². The van der Waals surface area contributed by atoms with Crippen molar-refractivity contribution in [3.63, 3.8) is 0 Å². The van der Waals surface area contributed by atoms with E-state index in [0.717, 1.165) is 10.6 Å². The van der Waals surface area contributed by atoms with Crippen LogP contribution in [0.1, 0.15) is 24.2 Å². The lowest BCUT2D eigenvalue weighted by Crippen LogP contribution is -2.34. The molecular formula is C21H22ClN3O3S. The number of ether oxygens (including phenoxy) is 2. The van der Waals surface area contributed by atoms with Gasteiger partial charge in [-0.05, 0) is 30.2 Å². The average Bonchev–Trinajstić information content (AvgIpc) is 3.21. The molecule has 0 saturated carbocycles. The van der Waals surface area contributed by atoms with Crippen LogP contribution in [0.4, 0.5) is 5.13 Å². The van der Waals surface area contributed by atoms with Crippen LogP contribution in [0.2, 0.25) is 5.02 Å². The Morgan fingerprint density at radius 3 is 2.45 bits per heavy atom. The van der Waals surface area contributed by atoms with Gasteiger partial charge in [-0.2, -0.15) is 0 Å². The SMILES string of the molecule is COc1cccc(C(=O)N(CC(C)C)c2nnc(-c3ccc(Cl)cc3)s2)c1OC. The molecule has 0 aliphatic rings. The van der Waals surface area contributed by atoms with Gasteiger partial charge in [0, 0.05) is 17.1 Å². The molecule has 0 fully saturated rings. The highest BCUT2D eigenvalue weighted by Crippen LogP contribution is 2.35. The topological polar surface area (TPSA) is 64.5 Å². The van der Waals surface area contributed by atoms with E-state index in [1.165, 1.54) is 18.4 Å². The fourth-order valence-corrected chi connectivity index (χ4v) is 3.83. The van der Waals surface area contributed by atoms with Crippen LogP contribution in [0.3, 0.4) is 0 Å². The van der Waals surface area contributed by atoms with Gasteiger partial charge in [0.1, 0.15) is 5.01 Å². The third-order valence-corrected chi connectivity index (χ3v) is 5.41. The fraction of sp³-hybridized carbons (Fsp3) is 0.286. The number of para-hydroxylation sites is 1. The zero-order valence-corrected chi connectivity index (χ0v) is 18.3. The molecule has 0 radical (unpaired) electrons. The van der Waals surface area contributed by atoms with Crippen molar-refractivity contribution >= 4 is 34.0 Å². The zero-order chi connectivity index (χ0) is 21.0. The van der Waals surface area contributed by atoms with Gasteiger partial charge in [-0.3, -0.25) is 9.69 Å². The molecule has 0 aliphatic carbocycles. The molecule has 1 aromatic heterocycles. The molecule has 0 N–H and O–H groups in total. The summed E-state index contributed by atoms with van der Waals surface area (Å²) in [5, 5.41) is 10.5. The third kappa shape index (κ3) is 4.68. The van der Waals surface area contributed by atoms with Crippen molar-refractivity contribution < 1.29 is 14.3 Å². The van der Waals surface area contributed by atoms with Crippen LogP contribution in [-0.2, 0) is 0 Å². The van der Waals surface area contributed by atoms with E-state index in [1.54, 1.807) is 42.3 Å². The highest BCUT2D eigenvalue weighted by molar-refractivity contribution is 7.18. The van der Waals surface area contributed by atoms with Crippen LogP contribution >= 0.6 is 22.9 Å². The molecule has 0 saturated heterocycles. The van der Waals surface area contributed by atoms with E-state index >= 15 is 0 Å². The van der Waals surface area contributed by atoms with Gasteiger partial charge in [0.25, 0.3) is 5.91 Å². The predicted molar refractivity (Wildman–Crippen MR) is 116 cm³/mol. The van der Waals surface area contributed by atoms with Gasteiger partial charge in [0.15, 0.2) is 11.5 Å². The number of anilines is 1. The first-order valence-corrected chi connectivity index (χ1v) is 10.3. The molecule has 6 nitrogen and oxygen atoms in total. The Bertz CT molecular complexity index is 989. The van der Waals surface area contributed by atoms with Gasteiger partial charge in [0.05, 0.1) is 19.8 Å². The molecule has 0 aliphatic heterocycles. The van der Waals surface area contributed by atoms with Gasteiger partial charge in [-0.15, -0.1) is 10.2 Å². The molecule has 0 atom stereocenters. The van der Waals surface area contributed by atoms with Crippen LogP contribution in [0.25, 0.3) is 10.6 Å². The van der Waals surface area contributed by atoms with Gasteiger partial charge in [0.2, 0.25) is 5.13 Å². The first-order chi connectivity index (χ1) is 13.9. The molecule has 0 unspecified atom stereocenters. The predicted octanol–water partition coefficient (Wildman–Crippen LogP) is 5.18. The van der Waals surface area contributed by atoms with E-state index in [0.29, 0.717) is 33.8 Å². The van der Waals surface area contributed by atoms with Crippen molar-refractivity contribution in [3.05, 3.63) is 53.1 Å². The zero-order valence-electron chi connectivity index (χ0n) is 16.7. The molecule has 1 heterocycles. The Labute approximate surface area is 179 Å². The number of methoxy groups -OCH3 is 2. The van der Waals surface area contributed by atoms with E-state index in [4.69, 9.17) is 21.1 Å². The van der Waals surface area contributed by atoms with E-state index in [-0.39, 0.29) is 11.8 Å². The minimum absolute atomic E-state index is 0.215. The van der Waals surface area contributed by atoms with Crippen LogP contribution in [0.5, 0.6) is 11.5 Å². The van der Waals surface area contributed by atoms with Gasteiger partial charge >= 0.3 is 0 Å². The minimum Gasteiger partial charge on any atom is -0.493 e. The number of carbonyl (C=O) groups is 1. The van der Waals surface area contributed by atoms with Crippen molar-refractivity contribution in [2.24, 2.45) is 5.92 Å². The van der Waals surface area contributed by atoms with Crippen molar-refractivity contribution in [3.8, 4) is 22.1 Å². The second-order valence-electron chi connectivity index (χ2n) is 6.75. The van der Waals surface area contributed by atoms with Crippen LogP contribution in [0.15, 0.2) is 42.5 Å². The highest BCUT2D eigenvalue weighted by Gasteiger charge is 2.26. The molecule has 0 spiro atoms. The van der Waals surface area contributed by atoms with Crippen molar-refractivity contribution in [1.82, 2.24) is 10.2 Å². The number of benzene rings is 2. The molecule has 8 heteroatoms.